The van der Waals surface area contributed by atoms with Crippen molar-refractivity contribution in [2.75, 3.05) is 44.1 Å². The van der Waals surface area contributed by atoms with Crippen molar-refractivity contribution < 1.29 is 9.47 Å². The molecule has 0 amide bonds. The maximum Gasteiger partial charge on any atom is 0.158 e. The summed E-state index contributed by atoms with van der Waals surface area (Å²) in [6.45, 7) is 5.36. The molecule has 0 bridgehead atoms. The Kier molecular flexibility index (Phi) is 6.20. The summed E-state index contributed by atoms with van der Waals surface area (Å²) in [7, 11) is 3.44. The number of hydrogen-bond acceptors (Lipinski definition) is 6. The van der Waals surface area contributed by atoms with E-state index in [1.807, 2.05) is 6.07 Å². The van der Waals surface area contributed by atoms with Crippen LogP contribution in [0.25, 0.3) is 0 Å². The lowest BCUT2D eigenvalue weighted by Crippen LogP contribution is -2.39. The van der Waals surface area contributed by atoms with Gasteiger partial charge in [-0.25, -0.2) is 9.97 Å². The third kappa shape index (κ3) is 4.54. The third-order valence-corrected chi connectivity index (χ3v) is 3.62. The molecule has 0 spiro atoms. The summed E-state index contributed by atoms with van der Waals surface area (Å²) < 4.78 is 10.7. The summed E-state index contributed by atoms with van der Waals surface area (Å²) >= 11 is 0. The van der Waals surface area contributed by atoms with Crippen LogP contribution in [0.5, 0.6) is 0 Å². The van der Waals surface area contributed by atoms with Crippen molar-refractivity contribution in [3.8, 4) is 0 Å². The van der Waals surface area contributed by atoms with Crippen LogP contribution in [0.15, 0.2) is 6.07 Å². The van der Waals surface area contributed by atoms with Crippen LogP contribution in [0.2, 0.25) is 0 Å². The van der Waals surface area contributed by atoms with Gasteiger partial charge in [0.25, 0.3) is 0 Å². The number of ether oxygens (including phenoxy) is 2. The van der Waals surface area contributed by atoms with Crippen LogP contribution < -0.4 is 10.2 Å². The van der Waals surface area contributed by atoms with Gasteiger partial charge in [0.05, 0.1) is 6.10 Å². The van der Waals surface area contributed by atoms with Gasteiger partial charge in [-0.2, -0.15) is 0 Å². The number of piperidine rings is 1. The molecule has 0 aromatic carbocycles. The number of methoxy groups -OCH3 is 2. The first-order valence-electron chi connectivity index (χ1n) is 7.65. The Morgan fingerprint density at radius 2 is 2.24 bits per heavy atom. The van der Waals surface area contributed by atoms with E-state index in [4.69, 9.17) is 9.47 Å². The minimum absolute atomic E-state index is 0.284. The molecule has 2 heterocycles. The summed E-state index contributed by atoms with van der Waals surface area (Å²) in [6.07, 6.45) is 3.59. The molecule has 2 rings (SSSR count). The highest BCUT2D eigenvalue weighted by atomic mass is 16.5. The number of nitrogens with zero attached hydrogens (tertiary/aromatic N) is 3. The molecule has 6 heteroatoms. The van der Waals surface area contributed by atoms with Gasteiger partial charge < -0.3 is 19.7 Å². The molecule has 0 aliphatic carbocycles. The fourth-order valence-corrected chi connectivity index (χ4v) is 2.52. The van der Waals surface area contributed by atoms with Crippen LogP contribution in [0, 0.1) is 0 Å². The summed E-state index contributed by atoms with van der Waals surface area (Å²) in [4.78, 5) is 11.4. The van der Waals surface area contributed by atoms with Crippen LogP contribution in [-0.2, 0) is 16.1 Å². The van der Waals surface area contributed by atoms with E-state index in [9.17, 15) is 0 Å². The van der Waals surface area contributed by atoms with Crippen LogP contribution in [0.4, 0.5) is 11.6 Å². The Morgan fingerprint density at radius 1 is 1.38 bits per heavy atom. The van der Waals surface area contributed by atoms with Gasteiger partial charge in [-0.1, -0.05) is 6.92 Å². The van der Waals surface area contributed by atoms with Crippen molar-refractivity contribution in [3.05, 3.63) is 11.9 Å². The van der Waals surface area contributed by atoms with Crippen molar-refractivity contribution >= 4 is 11.6 Å². The quantitative estimate of drug-likeness (QED) is 0.830. The largest absolute Gasteiger partial charge is 0.380 e. The van der Waals surface area contributed by atoms with Crippen LogP contribution in [-0.4, -0.2) is 49.9 Å². The second-order valence-corrected chi connectivity index (χ2v) is 5.33. The predicted molar refractivity (Wildman–Crippen MR) is 83.8 cm³/mol. The van der Waals surface area contributed by atoms with Gasteiger partial charge in [0.15, 0.2) is 5.82 Å². The van der Waals surface area contributed by atoms with Crippen molar-refractivity contribution in [3.63, 3.8) is 0 Å². The number of aromatic nitrogens is 2. The van der Waals surface area contributed by atoms with Crippen molar-refractivity contribution in [2.45, 2.75) is 38.9 Å². The standard InChI is InChI=1S/C15H26N4O2/c1-4-7-16-13-9-15(18-14(17-13)11-20-2)19-8-5-6-12(10-19)21-3/h9,12H,4-8,10-11H2,1-3H3,(H,16,17,18). The molecule has 118 valence electrons. The number of hydrogen-bond donors (Lipinski definition) is 1. The lowest BCUT2D eigenvalue weighted by atomic mass is 10.1. The minimum Gasteiger partial charge on any atom is -0.380 e. The molecule has 1 aliphatic heterocycles. The fraction of sp³-hybridized carbons (Fsp3) is 0.733. The van der Waals surface area contributed by atoms with Crippen molar-refractivity contribution in [1.29, 1.82) is 0 Å². The lowest BCUT2D eigenvalue weighted by Gasteiger charge is -2.33. The Hall–Kier alpha value is -1.40. The molecular weight excluding hydrogens is 268 g/mol. The smallest absolute Gasteiger partial charge is 0.158 e. The van der Waals surface area contributed by atoms with Gasteiger partial charge in [0, 0.05) is 39.9 Å². The normalized spacial score (nSPS) is 18.8. The summed E-state index contributed by atoms with van der Waals surface area (Å²) in [5.74, 6) is 2.54. The average Bonchev–Trinajstić information content (AvgIpc) is 2.53. The van der Waals surface area contributed by atoms with Gasteiger partial charge in [-0.05, 0) is 19.3 Å². The highest BCUT2D eigenvalue weighted by molar-refractivity contribution is 5.49. The SMILES string of the molecule is CCCNc1cc(N2CCCC(OC)C2)nc(COC)n1. The van der Waals surface area contributed by atoms with E-state index in [0.29, 0.717) is 12.4 Å². The molecule has 1 aliphatic rings. The van der Waals surface area contributed by atoms with E-state index in [2.05, 4.69) is 27.1 Å². The summed E-state index contributed by atoms with van der Waals surface area (Å²) in [6, 6.07) is 2.02. The van der Waals surface area contributed by atoms with Gasteiger partial charge in [-0.3, -0.25) is 0 Å². The van der Waals surface area contributed by atoms with E-state index in [1.54, 1.807) is 14.2 Å². The van der Waals surface area contributed by atoms with Gasteiger partial charge >= 0.3 is 0 Å². The summed E-state index contributed by atoms with van der Waals surface area (Å²) in [5.41, 5.74) is 0. The Labute approximate surface area is 126 Å². The molecule has 1 saturated heterocycles. The molecular formula is C15H26N4O2. The van der Waals surface area contributed by atoms with E-state index >= 15 is 0 Å². The molecule has 1 N–H and O–H groups in total. The van der Waals surface area contributed by atoms with Gasteiger partial charge in [0.1, 0.15) is 18.2 Å². The molecule has 6 nitrogen and oxygen atoms in total. The zero-order chi connectivity index (χ0) is 15.1. The van der Waals surface area contributed by atoms with Crippen molar-refractivity contribution in [2.24, 2.45) is 0 Å². The zero-order valence-electron chi connectivity index (χ0n) is 13.3. The Bertz CT molecular complexity index is 442. The second-order valence-electron chi connectivity index (χ2n) is 5.33. The lowest BCUT2D eigenvalue weighted by molar-refractivity contribution is 0.0891. The van der Waals surface area contributed by atoms with E-state index in [1.165, 1.54) is 0 Å². The molecule has 1 fully saturated rings. The number of rotatable bonds is 7. The third-order valence-electron chi connectivity index (χ3n) is 3.62. The summed E-state index contributed by atoms with van der Waals surface area (Å²) in [5, 5.41) is 3.33. The molecule has 1 aromatic rings. The van der Waals surface area contributed by atoms with Crippen LogP contribution in [0.1, 0.15) is 32.0 Å². The van der Waals surface area contributed by atoms with E-state index in [-0.39, 0.29) is 6.10 Å². The molecule has 0 radical (unpaired) electrons. The van der Waals surface area contributed by atoms with Crippen LogP contribution >= 0.6 is 0 Å². The first kappa shape index (κ1) is 16.0. The molecule has 1 unspecified atom stereocenters. The maximum absolute atomic E-state index is 5.49. The maximum atomic E-state index is 5.49. The minimum atomic E-state index is 0.284. The first-order chi connectivity index (χ1) is 10.3. The highest BCUT2D eigenvalue weighted by Crippen LogP contribution is 2.22. The molecule has 1 atom stereocenters. The average molecular weight is 294 g/mol. The zero-order valence-corrected chi connectivity index (χ0v) is 13.3. The van der Waals surface area contributed by atoms with Gasteiger partial charge in [-0.15, -0.1) is 0 Å². The second kappa shape index (κ2) is 8.14. The molecule has 21 heavy (non-hydrogen) atoms. The Morgan fingerprint density at radius 3 is 2.95 bits per heavy atom. The predicted octanol–water partition coefficient (Wildman–Crippen LogP) is 2.06. The number of anilines is 2. The van der Waals surface area contributed by atoms with Gasteiger partial charge in [0.2, 0.25) is 0 Å². The highest BCUT2D eigenvalue weighted by Gasteiger charge is 2.21. The topological polar surface area (TPSA) is 59.5 Å². The van der Waals surface area contributed by atoms with E-state index < -0.39 is 0 Å². The fourth-order valence-electron chi connectivity index (χ4n) is 2.52. The van der Waals surface area contributed by atoms with E-state index in [0.717, 1.165) is 50.5 Å². The number of nitrogens with one attached hydrogen (secondary N) is 1. The van der Waals surface area contributed by atoms with Crippen LogP contribution in [0.3, 0.4) is 0 Å². The first-order valence-corrected chi connectivity index (χ1v) is 7.65. The molecule has 0 saturated carbocycles. The Balaban J connectivity index is 2.17. The monoisotopic (exact) mass is 294 g/mol. The molecule has 1 aromatic heterocycles. The van der Waals surface area contributed by atoms with Crippen molar-refractivity contribution in [1.82, 2.24) is 9.97 Å².